The van der Waals surface area contributed by atoms with Crippen molar-refractivity contribution in [3.63, 3.8) is 0 Å². The van der Waals surface area contributed by atoms with Gasteiger partial charge in [0.1, 0.15) is 17.3 Å². The number of aryl methyl sites for hydroxylation is 2. The second-order valence-corrected chi connectivity index (χ2v) is 4.29. The molecule has 6 heteroatoms. The van der Waals surface area contributed by atoms with Crippen LogP contribution in [0.25, 0.3) is 0 Å². The van der Waals surface area contributed by atoms with E-state index in [-0.39, 0.29) is 11.9 Å². The molecule has 0 radical (unpaired) electrons. The molecular formula is C13H17N3O3. The number of carbonyl (C=O) groups excluding carboxylic acids is 1. The quantitative estimate of drug-likeness (QED) is 0.791. The highest BCUT2D eigenvalue weighted by Gasteiger charge is 2.24. The monoisotopic (exact) mass is 263 g/mol. The van der Waals surface area contributed by atoms with Gasteiger partial charge in [0.25, 0.3) is 0 Å². The normalized spacial score (nSPS) is 12.4. The van der Waals surface area contributed by atoms with E-state index in [9.17, 15) is 4.79 Å². The van der Waals surface area contributed by atoms with Gasteiger partial charge in [0.05, 0.1) is 12.6 Å². The Kier molecular flexibility index (Phi) is 3.69. The van der Waals surface area contributed by atoms with Crippen molar-refractivity contribution in [3.05, 3.63) is 35.3 Å². The molecule has 19 heavy (non-hydrogen) atoms. The van der Waals surface area contributed by atoms with Gasteiger partial charge in [-0.15, -0.1) is 10.2 Å². The number of ether oxygens (including phenoxy) is 1. The van der Waals surface area contributed by atoms with Crippen LogP contribution in [-0.2, 0) is 4.74 Å². The average Bonchev–Trinajstić information content (AvgIpc) is 2.95. The summed E-state index contributed by atoms with van der Waals surface area (Å²) in [5.74, 6) is 1.94. The van der Waals surface area contributed by atoms with E-state index in [4.69, 9.17) is 9.15 Å². The first-order valence-corrected chi connectivity index (χ1v) is 6.19. The maximum Gasteiger partial charge on any atom is 0.376 e. The van der Waals surface area contributed by atoms with Crippen molar-refractivity contribution in [1.29, 1.82) is 0 Å². The predicted octanol–water partition coefficient (Wildman–Crippen LogP) is 2.27. The predicted molar refractivity (Wildman–Crippen MR) is 68.0 cm³/mol. The van der Waals surface area contributed by atoms with Crippen molar-refractivity contribution in [2.24, 2.45) is 0 Å². The Morgan fingerprint density at radius 1 is 1.42 bits per heavy atom. The third-order valence-corrected chi connectivity index (χ3v) is 2.88. The topological polar surface area (TPSA) is 70.2 Å². The lowest BCUT2D eigenvalue weighted by atomic mass is 10.2. The minimum Gasteiger partial charge on any atom is -0.464 e. The van der Waals surface area contributed by atoms with Crippen molar-refractivity contribution in [3.8, 4) is 0 Å². The van der Waals surface area contributed by atoms with Gasteiger partial charge in [-0.05, 0) is 39.8 Å². The second-order valence-electron chi connectivity index (χ2n) is 4.29. The SMILES string of the molecule is CCOC(=O)c1nnc(C)n1C(C)c1ccc(C)o1. The Labute approximate surface area is 111 Å². The Bertz CT molecular complexity index is 586. The molecule has 2 rings (SSSR count). The molecule has 0 fully saturated rings. The molecule has 6 nitrogen and oxygen atoms in total. The molecule has 0 N–H and O–H groups in total. The van der Waals surface area contributed by atoms with Crippen LogP contribution in [0.1, 0.15) is 47.9 Å². The van der Waals surface area contributed by atoms with E-state index in [1.165, 1.54) is 0 Å². The Morgan fingerprint density at radius 2 is 2.16 bits per heavy atom. The molecule has 0 aromatic carbocycles. The number of rotatable bonds is 4. The van der Waals surface area contributed by atoms with Crippen LogP contribution in [0.15, 0.2) is 16.5 Å². The molecule has 0 saturated heterocycles. The van der Waals surface area contributed by atoms with Gasteiger partial charge >= 0.3 is 5.97 Å². The zero-order valence-electron chi connectivity index (χ0n) is 11.5. The van der Waals surface area contributed by atoms with Gasteiger partial charge in [0.15, 0.2) is 0 Å². The first-order chi connectivity index (χ1) is 9.04. The molecule has 0 aliphatic carbocycles. The van der Waals surface area contributed by atoms with Crippen molar-refractivity contribution in [1.82, 2.24) is 14.8 Å². The van der Waals surface area contributed by atoms with Crippen LogP contribution in [0.3, 0.4) is 0 Å². The summed E-state index contributed by atoms with van der Waals surface area (Å²) < 4.78 is 12.3. The van der Waals surface area contributed by atoms with E-state index in [0.29, 0.717) is 12.4 Å². The molecule has 102 valence electrons. The summed E-state index contributed by atoms with van der Waals surface area (Å²) in [5, 5.41) is 7.83. The summed E-state index contributed by atoms with van der Waals surface area (Å²) >= 11 is 0. The minimum absolute atomic E-state index is 0.164. The molecule has 0 aliphatic rings. The number of aromatic nitrogens is 3. The molecule has 1 unspecified atom stereocenters. The number of carbonyl (C=O) groups is 1. The Hall–Kier alpha value is -2.11. The van der Waals surface area contributed by atoms with Crippen molar-refractivity contribution in [2.45, 2.75) is 33.7 Å². The maximum absolute atomic E-state index is 11.8. The van der Waals surface area contributed by atoms with E-state index in [1.54, 1.807) is 18.4 Å². The van der Waals surface area contributed by atoms with E-state index in [1.807, 2.05) is 26.0 Å². The van der Waals surface area contributed by atoms with Crippen LogP contribution >= 0.6 is 0 Å². The van der Waals surface area contributed by atoms with Crippen molar-refractivity contribution in [2.75, 3.05) is 6.61 Å². The summed E-state index contributed by atoms with van der Waals surface area (Å²) in [6.07, 6.45) is 0. The first kappa shape index (κ1) is 13.3. The molecule has 2 heterocycles. The third kappa shape index (κ3) is 2.52. The minimum atomic E-state index is -0.474. The molecule has 2 aromatic rings. The summed E-state index contributed by atoms with van der Waals surface area (Å²) in [6, 6.07) is 3.60. The average molecular weight is 263 g/mol. The lowest BCUT2D eigenvalue weighted by molar-refractivity contribution is 0.0504. The van der Waals surface area contributed by atoms with E-state index < -0.39 is 5.97 Å². The van der Waals surface area contributed by atoms with Crippen molar-refractivity contribution < 1.29 is 13.9 Å². The molecule has 0 bridgehead atoms. The zero-order valence-corrected chi connectivity index (χ0v) is 11.5. The summed E-state index contributed by atoms with van der Waals surface area (Å²) in [4.78, 5) is 11.8. The molecule has 0 spiro atoms. The van der Waals surface area contributed by atoms with Crippen LogP contribution < -0.4 is 0 Å². The van der Waals surface area contributed by atoms with Gasteiger partial charge in [-0.2, -0.15) is 0 Å². The van der Waals surface area contributed by atoms with E-state index in [2.05, 4.69) is 10.2 Å². The maximum atomic E-state index is 11.8. The van der Waals surface area contributed by atoms with Crippen LogP contribution in [0.2, 0.25) is 0 Å². The summed E-state index contributed by atoms with van der Waals surface area (Å²) in [6.45, 7) is 7.66. The molecule has 0 saturated carbocycles. The molecule has 1 atom stereocenters. The third-order valence-electron chi connectivity index (χ3n) is 2.88. The number of hydrogen-bond acceptors (Lipinski definition) is 5. The first-order valence-electron chi connectivity index (χ1n) is 6.19. The standard InChI is InChI=1S/C13H17N3O3/c1-5-18-13(17)12-15-14-10(4)16(12)9(3)11-7-6-8(2)19-11/h6-7,9H,5H2,1-4H3. The van der Waals surface area contributed by atoms with E-state index in [0.717, 1.165) is 11.5 Å². The second kappa shape index (κ2) is 5.26. The number of esters is 1. The van der Waals surface area contributed by atoms with Gasteiger partial charge in [0.2, 0.25) is 5.82 Å². The van der Waals surface area contributed by atoms with Gasteiger partial charge in [-0.25, -0.2) is 4.79 Å². The lowest BCUT2D eigenvalue weighted by Gasteiger charge is -2.14. The fourth-order valence-corrected chi connectivity index (χ4v) is 1.97. The Balaban J connectivity index is 2.38. The van der Waals surface area contributed by atoms with Gasteiger partial charge in [-0.1, -0.05) is 0 Å². The number of nitrogens with zero attached hydrogens (tertiary/aromatic N) is 3. The molecule has 0 amide bonds. The smallest absolute Gasteiger partial charge is 0.376 e. The van der Waals surface area contributed by atoms with Crippen LogP contribution in [-0.4, -0.2) is 27.3 Å². The fourth-order valence-electron chi connectivity index (χ4n) is 1.97. The zero-order chi connectivity index (χ0) is 14.0. The highest BCUT2D eigenvalue weighted by atomic mass is 16.5. The van der Waals surface area contributed by atoms with Crippen LogP contribution in [0.4, 0.5) is 0 Å². The van der Waals surface area contributed by atoms with Gasteiger partial charge in [0, 0.05) is 0 Å². The van der Waals surface area contributed by atoms with E-state index >= 15 is 0 Å². The molecular weight excluding hydrogens is 246 g/mol. The molecule has 0 aliphatic heterocycles. The highest BCUT2D eigenvalue weighted by molar-refractivity contribution is 5.85. The van der Waals surface area contributed by atoms with Crippen LogP contribution in [0, 0.1) is 13.8 Å². The molecule has 2 aromatic heterocycles. The number of furan rings is 1. The summed E-state index contributed by atoms with van der Waals surface area (Å²) in [7, 11) is 0. The van der Waals surface area contributed by atoms with Crippen molar-refractivity contribution >= 4 is 5.97 Å². The lowest BCUT2D eigenvalue weighted by Crippen LogP contribution is -2.17. The summed E-state index contributed by atoms with van der Waals surface area (Å²) in [5.41, 5.74) is 0. The largest absolute Gasteiger partial charge is 0.464 e. The number of hydrogen-bond donors (Lipinski definition) is 0. The fraction of sp³-hybridized carbons (Fsp3) is 0.462. The Morgan fingerprint density at radius 3 is 2.74 bits per heavy atom. The van der Waals surface area contributed by atoms with Gasteiger partial charge in [-0.3, -0.25) is 4.57 Å². The van der Waals surface area contributed by atoms with Gasteiger partial charge < -0.3 is 9.15 Å². The van der Waals surface area contributed by atoms with Crippen LogP contribution in [0.5, 0.6) is 0 Å². The highest BCUT2D eigenvalue weighted by Crippen LogP contribution is 2.23.